The number of hydrogen-bond donors (Lipinski definition) is 2. The lowest BCUT2D eigenvalue weighted by Crippen LogP contribution is -2.36. The summed E-state index contributed by atoms with van der Waals surface area (Å²) in [4.78, 5) is 10.2. The summed E-state index contributed by atoms with van der Waals surface area (Å²) in [5.74, 6) is 1.82. The van der Waals surface area contributed by atoms with E-state index in [9.17, 15) is 0 Å². The highest BCUT2D eigenvalue weighted by Gasteiger charge is 2.26. The molecule has 0 spiro atoms. The molecular formula is C38H28N4O. The molecule has 0 fully saturated rings. The van der Waals surface area contributed by atoms with Crippen molar-refractivity contribution in [3.05, 3.63) is 144 Å². The Hall–Kier alpha value is -5.68. The first kappa shape index (κ1) is 25.1. The zero-order valence-electron chi connectivity index (χ0n) is 23.6. The summed E-state index contributed by atoms with van der Waals surface area (Å²) < 4.78 is 5.93. The van der Waals surface area contributed by atoms with Gasteiger partial charge in [-0.1, -0.05) is 115 Å². The van der Waals surface area contributed by atoms with Gasteiger partial charge in [-0.2, -0.15) is 0 Å². The van der Waals surface area contributed by atoms with Gasteiger partial charge in [-0.05, 0) is 56.9 Å². The number of nitrogens with two attached hydrogens (primary N) is 1. The molecule has 0 aliphatic carbocycles. The number of rotatable bonds is 4. The molecule has 1 unspecified atom stereocenters. The summed E-state index contributed by atoms with van der Waals surface area (Å²) in [7, 11) is 0. The Morgan fingerprint density at radius 1 is 0.698 bits per heavy atom. The van der Waals surface area contributed by atoms with Gasteiger partial charge >= 0.3 is 0 Å². The van der Waals surface area contributed by atoms with Gasteiger partial charge in [0.05, 0.1) is 5.56 Å². The van der Waals surface area contributed by atoms with Gasteiger partial charge in [0.1, 0.15) is 17.3 Å². The number of amidine groups is 2. The maximum absolute atomic E-state index is 6.45. The normalized spacial score (nSPS) is 15.6. The first-order valence-electron chi connectivity index (χ1n) is 14.4. The molecule has 0 saturated heterocycles. The third-order valence-electron chi connectivity index (χ3n) is 8.29. The summed E-state index contributed by atoms with van der Waals surface area (Å²) in [5.41, 5.74) is 10.9. The number of aliphatic imine (C=N–C) groups is 2. The Kier molecular flexibility index (Phi) is 5.83. The van der Waals surface area contributed by atoms with E-state index in [2.05, 4.69) is 84.2 Å². The Balaban J connectivity index is 1.25. The first-order chi connectivity index (χ1) is 21.2. The zero-order chi connectivity index (χ0) is 28.9. The van der Waals surface area contributed by atoms with Gasteiger partial charge < -0.3 is 15.5 Å². The van der Waals surface area contributed by atoms with Crippen LogP contribution in [0.2, 0.25) is 0 Å². The predicted molar refractivity (Wildman–Crippen MR) is 180 cm³/mol. The quantitative estimate of drug-likeness (QED) is 0.212. The molecule has 7 aromatic rings. The van der Waals surface area contributed by atoms with E-state index in [1.54, 1.807) is 0 Å². The number of para-hydroxylation sites is 1. The van der Waals surface area contributed by atoms with Crippen molar-refractivity contribution in [1.29, 1.82) is 0 Å². The number of anilines is 1. The predicted octanol–water partition coefficient (Wildman–Crippen LogP) is 9.03. The standard InChI is InChI=1S/C38H28N4O/c1-2-27(34-32-14-8-9-15-33(32)43-35(34)39)38-41-36(24-11-4-3-5-12-24)40-37(42-38)26-18-19-29-25(22-26)17-21-30-28-13-7-6-10-23(28)16-20-31(29)30/h2-22,36H,39H2,1H3,(H,40,41,42)/b27-2+. The van der Waals surface area contributed by atoms with Crippen LogP contribution >= 0.6 is 0 Å². The van der Waals surface area contributed by atoms with Gasteiger partial charge in [0.15, 0.2) is 12.0 Å². The van der Waals surface area contributed by atoms with E-state index >= 15 is 0 Å². The molecule has 1 aliphatic rings. The van der Waals surface area contributed by atoms with Gasteiger partial charge in [-0.25, -0.2) is 9.98 Å². The van der Waals surface area contributed by atoms with Crippen molar-refractivity contribution in [3.63, 3.8) is 0 Å². The van der Waals surface area contributed by atoms with E-state index in [1.165, 1.54) is 26.9 Å². The lowest BCUT2D eigenvalue weighted by Gasteiger charge is -2.24. The van der Waals surface area contributed by atoms with Gasteiger partial charge in [0.2, 0.25) is 0 Å². The van der Waals surface area contributed by atoms with Crippen LogP contribution in [0.5, 0.6) is 0 Å². The van der Waals surface area contributed by atoms with Crippen molar-refractivity contribution in [3.8, 4) is 0 Å². The first-order valence-corrected chi connectivity index (χ1v) is 14.4. The molecule has 6 aromatic carbocycles. The summed E-state index contributed by atoms with van der Waals surface area (Å²) in [6.45, 7) is 1.99. The van der Waals surface area contributed by atoms with Gasteiger partial charge in [-0.15, -0.1) is 0 Å². The molecule has 0 saturated carbocycles. The van der Waals surface area contributed by atoms with E-state index in [-0.39, 0.29) is 0 Å². The second-order valence-electron chi connectivity index (χ2n) is 10.8. The smallest absolute Gasteiger partial charge is 0.199 e. The highest BCUT2D eigenvalue weighted by atomic mass is 16.3. The Morgan fingerprint density at radius 3 is 2.19 bits per heavy atom. The maximum Gasteiger partial charge on any atom is 0.199 e. The van der Waals surface area contributed by atoms with Crippen LogP contribution in [0.25, 0.3) is 48.9 Å². The van der Waals surface area contributed by atoms with Crippen LogP contribution < -0.4 is 11.1 Å². The average molecular weight is 557 g/mol. The molecule has 2 heterocycles. The Morgan fingerprint density at radius 2 is 1.37 bits per heavy atom. The molecule has 0 bridgehead atoms. The lowest BCUT2D eigenvalue weighted by molar-refractivity contribution is 0.636. The Bertz CT molecular complexity index is 2290. The zero-order valence-corrected chi connectivity index (χ0v) is 23.6. The summed E-state index contributed by atoms with van der Waals surface area (Å²) in [6.07, 6.45) is 1.61. The molecule has 5 heteroatoms. The van der Waals surface area contributed by atoms with Crippen molar-refractivity contribution in [2.75, 3.05) is 5.73 Å². The number of nitrogens with one attached hydrogen (secondary N) is 1. The second kappa shape index (κ2) is 10.00. The molecule has 206 valence electrons. The number of allylic oxidation sites excluding steroid dienone is 1. The number of furan rings is 1. The van der Waals surface area contributed by atoms with Crippen molar-refractivity contribution < 1.29 is 4.42 Å². The molecular weight excluding hydrogens is 528 g/mol. The van der Waals surface area contributed by atoms with E-state index in [1.807, 2.05) is 55.5 Å². The van der Waals surface area contributed by atoms with Gasteiger partial charge in [0.25, 0.3) is 0 Å². The molecule has 3 N–H and O–H groups in total. The summed E-state index contributed by atoms with van der Waals surface area (Å²) in [6, 6.07) is 42.0. The molecule has 1 aliphatic heterocycles. The highest BCUT2D eigenvalue weighted by Crippen LogP contribution is 2.36. The van der Waals surface area contributed by atoms with Crippen molar-refractivity contribution in [2.24, 2.45) is 9.98 Å². The van der Waals surface area contributed by atoms with E-state index < -0.39 is 6.17 Å². The average Bonchev–Trinajstić information content (AvgIpc) is 3.40. The minimum absolute atomic E-state index is 0.365. The van der Waals surface area contributed by atoms with Crippen molar-refractivity contribution >= 4 is 66.4 Å². The number of nitrogen functional groups attached to an aromatic ring is 1. The van der Waals surface area contributed by atoms with Gasteiger partial charge in [0, 0.05) is 16.5 Å². The maximum atomic E-state index is 6.45. The van der Waals surface area contributed by atoms with Crippen LogP contribution in [-0.2, 0) is 0 Å². The SMILES string of the molecule is C/C=C(/C1=NC(c2ccccc2)N=C(c2ccc3c(ccc4c5ccccc5ccc34)c2)N1)c1c(N)oc2ccccc12. The molecule has 8 rings (SSSR count). The van der Waals surface area contributed by atoms with Crippen LogP contribution in [0, 0.1) is 0 Å². The fraction of sp³-hybridized carbons (Fsp3) is 0.0526. The van der Waals surface area contributed by atoms with Crippen LogP contribution in [-0.4, -0.2) is 11.7 Å². The Labute approximate surface area is 248 Å². The summed E-state index contributed by atoms with van der Waals surface area (Å²) in [5, 5.41) is 11.9. The number of hydrogen-bond acceptors (Lipinski definition) is 5. The molecule has 0 radical (unpaired) electrons. The topological polar surface area (TPSA) is 75.9 Å². The molecule has 0 amide bonds. The third-order valence-corrected chi connectivity index (χ3v) is 8.29. The van der Waals surface area contributed by atoms with E-state index in [0.717, 1.165) is 44.5 Å². The molecule has 43 heavy (non-hydrogen) atoms. The lowest BCUT2D eigenvalue weighted by atomic mass is 9.96. The fourth-order valence-corrected chi connectivity index (χ4v) is 6.23. The van der Waals surface area contributed by atoms with Crippen LogP contribution in [0.15, 0.2) is 142 Å². The second-order valence-corrected chi connectivity index (χ2v) is 10.8. The molecule has 1 atom stereocenters. The third kappa shape index (κ3) is 4.17. The minimum atomic E-state index is -0.416. The van der Waals surface area contributed by atoms with Crippen LogP contribution in [0.1, 0.15) is 29.8 Å². The number of benzene rings is 6. The van der Waals surface area contributed by atoms with E-state index in [4.69, 9.17) is 20.1 Å². The van der Waals surface area contributed by atoms with Crippen LogP contribution in [0.4, 0.5) is 5.88 Å². The number of nitrogens with zero attached hydrogens (tertiary/aromatic N) is 2. The monoisotopic (exact) mass is 556 g/mol. The summed E-state index contributed by atoms with van der Waals surface area (Å²) >= 11 is 0. The molecule has 5 nitrogen and oxygen atoms in total. The van der Waals surface area contributed by atoms with Crippen molar-refractivity contribution in [1.82, 2.24) is 5.32 Å². The minimum Gasteiger partial charge on any atom is -0.440 e. The highest BCUT2D eigenvalue weighted by molar-refractivity contribution is 6.32. The fourth-order valence-electron chi connectivity index (χ4n) is 6.23. The molecule has 1 aromatic heterocycles. The van der Waals surface area contributed by atoms with Gasteiger partial charge in [-0.3, -0.25) is 0 Å². The van der Waals surface area contributed by atoms with Crippen molar-refractivity contribution in [2.45, 2.75) is 13.1 Å². The largest absolute Gasteiger partial charge is 0.440 e. The number of fused-ring (bicyclic) bond motifs is 6. The van der Waals surface area contributed by atoms with Crippen LogP contribution in [0.3, 0.4) is 0 Å². The van der Waals surface area contributed by atoms with E-state index in [0.29, 0.717) is 11.7 Å².